The number of aliphatic hydroxyl groups is 1. The van der Waals surface area contributed by atoms with Gasteiger partial charge in [-0.2, -0.15) is 0 Å². The zero-order valence-electron chi connectivity index (χ0n) is 18.5. The highest BCUT2D eigenvalue weighted by molar-refractivity contribution is 6.76. The van der Waals surface area contributed by atoms with E-state index in [0.29, 0.717) is 36.0 Å². The van der Waals surface area contributed by atoms with Gasteiger partial charge in [0.05, 0.1) is 29.1 Å². The van der Waals surface area contributed by atoms with Gasteiger partial charge < -0.3 is 19.7 Å². The lowest BCUT2D eigenvalue weighted by molar-refractivity contribution is 0.0409. The minimum Gasteiger partial charge on any atom is -0.388 e. The van der Waals surface area contributed by atoms with Crippen molar-refractivity contribution in [1.82, 2.24) is 19.9 Å². The second-order valence-electron chi connectivity index (χ2n) is 9.95. The Morgan fingerprint density at radius 3 is 2.69 bits per heavy atom. The van der Waals surface area contributed by atoms with Crippen LogP contribution in [0.15, 0.2) is 12.4 Å². The maximum atomic E-state index is 12.9. The third kappa shape index (κ3) is 5.64. The lowest BCUT2D eigenvalue weighted by atomic mass is 10.0. The topological polar surface area (TPSA) is 89.3 Å². The first-order valence-electron chi connectivity index (χ1n) is 10.4. The Morgan fingerprint density at radius 1 is 1.41 bits per heavy atom. The van der Waals surface area contributed by atoms with Crippen LogP contribution < -0.4 is 5.32 Å². The Hall–Kier alpha value is -1.77. The Labute approximate surface area is 173 Å². The highest BCUT2D eigenvalue weighted by Crippen LogP contribution is 2.39. The summed E-state index contributed by atoms with van der Waals surface area (Å²) in [6, 6.07) is 0.682. The molecule has 0 aromatic carbocycles. The zero-order chi connectivity index (χ0) is 21.4. The maximum absolute atomic E-state index is 12.9. The molecule has 0 aliphatic heterocycles. The molecule has 3 rings (SSSR count). The summed E-state index contributed by atoms with van der Waals surface area (Å²) in [4.78, 5) is 22.3. The molecule has 2 N–H and O–H groups in total. The van der Waals surface area contributed by atoms with Crippen LogP contribution in [-0.4, -0.2) is 51.9 Å². The molecule has 0 radical (unpaired) electrons. The van der Waals surface area contributed by atoms with Gasteiger partial charge in [-0.15, -0.1) is 0 Å². The fourth-order valence-corrected chi connectivity index (χ4v) is 3.65. The number of ether oxygens (including phenoxy) is 1. The van der Waals surface area contributed by atoms with Crippen LogP contribution in [-0.2, 0) is 11.5 Å². The summed E-state index contributed by atoms with van der Waals surface area (Å²) >= 11 is 0. The lowest BCUT2D eigenvalue weighted by Crippen LogP contribution is -2.47. The van der Waals surface area contributed by atoms with Gasteiger partial charge >= 0.3 is 0 Å². The molecular weight excluding hydrogens is 384 g/mol. The Kier molecular flexibility index (Phi) is 6.17. The van der Waals surface area contributed by atoms with Crippen molar-refractivity contribution in [3.05, 3.63) is 23.7 Å². The number of rotatable bonds is 9. The molecule has 2 heterocycles. The third-order valence-electron chi connectivity index (χ3n) is 5.46. The number of carbonyl (C=O) groups is 1. The van der Waals surface area contributed by atoms with Crippen LogP contribution >= 0.6 is 0 Å². The molecule has 29 heavy (non-hydrogen) atoms. The summed E-state index contributed by atoms with van der Waals surface area (Å²) in [5, 5.41) is 13.1. The van der Waals surface area contributed by atoms with Crippen molar-refractivity contribution in [3.63, 3.8) is 0 Å². The molecule has 0 saturated heterocycles. The fourth-order valence-electron chi connectivity index (χ4n) is 2.90. The minimum atomic E-state index is -1.16. The highest BCUT2D eigenvalue weighted by atomic mass is 28.3. The van der Waals surface area contributed by atoms with Crippen molar-refractivity contribution in [1.29, 1.82) is 0 Å². The first-order valence-corrected chi connectivity index (χ1v) is 14.1. The second-order valence-corrected chi connectivity index (χ2v) is 15.6. The molecule has 8 heteroatoms. The molecule has 7 nitrogen and oxygen atoms in total. The average molecular weight is 419 g/mol. The van der Waals surface area contributed by atoms with Gasteiger partial charge in [0.1, 0.15) is 12.2 Å². The molecule has 0 spiro atoms. The fraction of sp³-hybridized carbons (Fsp3) is 0.667. The Morgan fingerprint density at radius 2 is 2.10 bits per heavy atom. The highest BCUT2D eigenvalue weighted by Gasteiger charge is 2.29. The molecule has 2 aromatic heterocycles. The van der Waals surface area contributed by atoms with Gasteiger partial charge in [-0.05, 0) is 39.7 Å². The van der Waals surface area contributed by atoms with E-state index in [9.17, 15) is 9.90 Å². The Bertz CT molecular complexity index is 878. The summed E-state index contributed by atoms with van der Waals surface area (Å²) in [5.41, 5.74) is 1.66. The monoisotopic (exact) mass is 418 g/mol. The molecular formula is C21H34N4O3Si. The van der Waals surface area contributed by atoms with Gasteiger partial charge in [0.25, 0.3) is 5.91 Å². The molecule has 160 valence electrons. The number of aromatic nitrogens is 3. The van der Waals surface area contributed by atoms with Crippen LogP contribution in [0.2, 0.25) is 25.7 Å². The number of hydrogen-bond donors (Lipinski definition) is 2. The van der Waals surface area contributed by atoms with E-state index in [-0.39, 0.29) is 5.91 Å². The number of fused-ring (bicyclic) bond motifs is 1. The first kappa shape index (κ1) is 21.9. The van der Waals surface area contributed by atoms with Crippen LogP contribution in [0.1, 0.15) is 55.6 Å². The number of nitrogens with zero attached hydrogens (tertiary/aromatic N) is 3. The van der Waals surface area contributed by atoms with E-state index in [1.807, 2.05) is 10.8 Å². The van der Waals surface area contributed by atoms with Crippen LogP contribution in [0.5, 0.6) is 0 Å². The van der Waals surface area contributed by atoms with Crippen LogP contribution in [0.4, 0.5) is 0 Å². The largest absolute Gasteiger partial charge is 0.388 e. The number of hydrogen-bond acceptors (Lipinski definition) is 5. The van der Waals surface area contributed by atoms with Crippen molar-refractivity contribution in [2.75, 3.05) is 6.61 Å². The van der Waals surface area contributed by atoms with Crippen LogP contribution in [0, 0.1) is 0 Å². The molecule has 1 aliphatic carbocycles. The van der Waals surface area contributed by atoms with E-state index in [2.05, 4.69) is 29.9 Å². The molecule has 1 aliphatic rings. The van der Waals surface area contributed by atoms with E-state index in [1.54, 1.807) is 27.0 Å². The number of nitrogens with one attached hydrogen (secondary N) is 1. The lowest BCUT2D eigenvalue weighted by Gasteiger charge is -2.26. The standard InChI is InChI=1S/C21H34N4O3Si/c1-14(21(2,3)27)23-20(26)16-12-25(13-28-9-10-29(4,5)6)19-18(16)24-17(11-22-19)15-7-8-15/h11-12,14-15,27H,7-10,13H2,1-6H3,(H,23,26)/t14-/m0/s1. The second kappa shape index (κ2) is 8.16. The van der Waals surface area contributed by atoms with Crippen molar-refractivity contribution in [3.8, 4) is 0 Å². The minimum absolute atomic E-state index is 0.257. The molecule has 1 amide bonds. The van der Waals surface area contributed by atoms with E-state index in [1.165, 1.54) is 0 Å². The van der Waals surface area contributed by atoms with E-state index >= 15 is 0 Å². The summed E-state index contributed by atoms with van der Waals surface area (Å²) in [7, 11) is -1.16. The maximum Gasteiger partial charge on any atom is 0.255 e. The average Bonchev–Trinajstić information content (AvgIpc) is 3.39. The summed E-state index contributed by atoms with van der Waals surface area (Å²) in [5.74, 6) is 0.196. The summed E-state index contributed by atoms with van der Waals surface area (Å²) < 4.78 is 7.73. The van der Waals surface area contributed by atoms with Crippen molar-refractivity contribution >= 4 is 25.1 Å². The predicted molar refractivity (Wildman–Crippen MR) is 117 cm³/mol. The Balaban J connectivity index is 1.85. The SMILES string of the molecule is C[C@H](NC(=O)c1cn(COCC[Si](C)(C)C)c2ncc(C3CC3)nc12)C(C)(C)O. The van der Waals surface area contributed by atoms with Crippen molar-refractivity contribution in [2.45, 2.75) is 83.6 Å². The van der Waals surface area contributed by atoms with Gasteiger partial charge in [0.2, 0.25) is 0 Å². The summed E-state index contributed by atoms with van der Waals surface area (Å²) in [6.07, 6.45) is 5.83. The van der Waals surface area contributed by atoms with E-state index < -0.39 is 19.7 Å². The molecule has 1 fully saturated rings. The van der Waals surface area contributed by atoms with Gasteiger partial charge in [-0.25, -0.2) is 9.97 Å². The van der Waals surface area contributed by atoms with Crippen LogP contribution in [0.25, 0.3) is 11.2 Å². The zero-order valence-corrected chi connectivity index (χ0v) is 19.5. The quantitative estimate of drug-likeness (QED) is 0.480. The molecule has 0 bridgehead atoms. The van der Waals surface area contributed by atoms with E-state index in [0.717, 1.165) is 24.6 Å². The molecule has 1 atom stereocenters. The third-order valence-corrected chi connectivity index (χ3v) is 7.16. The normalized spacial score (nSPS) is 16.2. The van der Waals surface area contributed by atoms with E-state index in [4.69, 9.17) is 9.72 Å². The van der Waals surface area contributed by atoms with Crippen molar-refractivity contribution < 1.29 is 14.6 Å². The van der Waals surface area contributed by atoms with Gasteiger partial charge in [-0.1, -0.05) is 19.6 Å². The summed E-state index contributed by atoms with van der Waals surface area (Å²) in [6.45, 7) is 13.1. The van der Waals surface area contributed by atoms with Gasteiger partial charge in [0.15, 0.2) is 5.65 Å². The molecule has 0 unspecified atom stereocenters. The molecule has 1 saturated carbocycles. The van der Waals surface area contributed by atoms with Crippen molar-refractivity contribution in [2.24, 2.45) is 0 Å². The van der Waals surface area contributed by atoms with Gasteiger partial charge in [-0.3, -0.25) is 4.79 Å². The first-order chi connectivity index (χ1) is 13.5. The number of carbonyl (C=O) groups excluding carboxylic acids is 1. The van der Waals surface area contributed by atoms with Crippen LogP contribution in [0.3, 0.4) is 0 Å². The number of amides is 1. The predicted octanol–water partition coefficient (Wildman–Crippen LogP) is 3.51. The molecule has 2 aromatic rings. The van der Waals surface area contributed by atoms with Gasteiger partial charge in [0, 0.05) is 26.8 Å². The smallest absolute Gasteiger partial charge is 0.255 e.